The van der Waals surface area contributed by atoms with Gasteiger partial charge in [0.05, 0.1) is 68.5 Å². The first-order chi connectivity index (χ1) is 25.9. The van der Waals surface area contributed by atoms with Gasteiger partial charge < -0.3 is 34.1 Å². The van der Waals surface area contributed by atoms with Crippen LogP contribution in [0.3, 0.4) is 0 Å². The smallest absolute Gasteiger partial charge is 0.319 e. The lowest BCUT2D eigenvalue weighted by Gasteiger charge is -2.51. The molecular formula is C39H51ClFN7O6. The molecule has 4 aliphatic rings. The maximum absolute atomic E-state index is 17.3. The van der Waals surface area contributed by atoms with E-state index in [4.69, 9.17) is 45.5 Å². The molecule has 0 amide bonds. The molecule has 4 fully saturated rings. The van der Waals surface area contributed by atoms with Gasteiger partial charge in [-0.1, -0.05) is 18.0 Å². The van der Waals surface area contributed by atoms with Gasteiger partial charge in [-0.15, -0.1) is 0 Å². The van der Waals surface area contributed by atoms with E-state index in [1.54, 1.807) is 18.0 Å². The third kappa shape index (κ3) is 6.76. The summed E-state index contributed by atoms with van der Waals surface area (Å²) >= 11 is 6.89. The van der Waals surface area contributed by atoms with E-state index >= 15 is 4.39 Å². The summed E-state index contributed by atoms with van der Waals surface area (Å²) in [6.45, 7) is 9.21. The van der Waals surface area contributed by atoms with E-state index < -0.39 is 17.5 Å². The largest absolute Gasteiger partial charge is 0.480 e. The summed E-state index contributed by atoms with van der Waals surface area (Å²) < 4.78 is 41.8. The van der Waals surface area contributed by atoms with E-state index in [9.17, 15) is 10.2 Å². The summed E-state index contributed by atoms with van der Waals surface area (Å²) in [5, 5.41) is 29.8. The number of nitrogens with zero attached hydrogens (tertiary/aromatic N) is 6. The molecule has 8 rings (SSSR count). The van der Waals surface area contributed by atoms with E-state index in [0.29, 0.717) is 40.2 Å². The number of hydrogen-bond donors (Lipinski definition) is 3. The monoisotopic (exact) mass is 767 g/mol. The molecular weight excluding hydrogens is 717 g/mol. The third-order valence-electron chi connectivity index (χ3n) is 12.1. The van der Waals surface area contributed by atoms with Crippen molar-refractivity contribution < 1.29 is 33.6 Å². The number of aryl methyl sites for hydroxylation is 1. The molecule has 0 spiro atoms. The number of piperidine rings is 1. The fourth-order valence-corrected chi connectivity index (χ4v) is 10.0. The Bertz CT molecular complexity index is 2020. The molecule has 0 radical (unpaired) electrons. The number of anilines is 1. The molecule has 292 valence electrons. The van der Waals surface area contributed by atoms with Crippen molar-refractivity contribution in [3.8, 4) is 23.1 Å². The van der Waals surface area contributed by atoms with E-state index in [2.05, 4.69) is 28.9 Å². The molecule has 3 N–H and O–H groups in total. The second kappa shape index (κ2) is 14.6. The Balaban J connectivity index is 1.24. The van der Waals surface area contributed by atoms with Crippen LogP contribution in [-0.2, 0) is 9.47 Å². The molecule has 6 heterocycles. The van der Waals surface area contributed by atoms with Crippen LogP contribution in [0.1, 0.15) is 71.3 Å². The van der Waals surface area contributed by atoms with Crippen molar-refractivity contribution in [2.45, 2.75) is 109 Å². The van der Waals surface area contributed by atoms with Gasteiger partial charge in [-0.2, -0.15) is 15.1 Å². The topological polar surface area (TPSA) is 151 Å². The van der Waals surface area contributed by atoms with Gasteiger partial charge in [-0.3, -0.25) is 10.00 Å². The first-order valence-electron chi connectivity index (χ1n) is 19.2. The lowest BCUT2D eigenvalue weighted by molar-refractivity contribution is -0.0967. The molecule has 3 aromatic heterocycles. The van der Waals surface area contributed by atoms with E-state index in [-0.39, 0.29) is 78.2 Å². The average molecular weight is 768 g/mol. The fraction of sp³-hybridized carbons (Fsp3) is 0.641. The Hall–Kier alpha value is -3.40. The first-order valence-corrected chi connectivity index (χ1v) is 19.6. The van der Waals surface area contributed by atoms with Gasteiger partial charge in [0.1, 0.15) is 28.0 Å². The van der Waals surface area contributed by atoms with Gasteiger partial charge in [0, 0.05) is 35.0 Å². The van der Waals surface area contributed by atoms with Crippen LogP contribution in [0.4, 0.5) is 10.2 Å². The summed E-state index contributed by atoms with van der Waals surface area (Å²) in [6.07, 6.45) is 8.74. The Kier molecular flexibility index (Phi) is 10.1. The molecule has 6 atom stereocenters. The minimum atomic E-state index is -1.32. The molecule has 1 saturated carbocycles. The van der Waals surface area contributed by atoms with E-state index in [1.807, 2.05) is 13.0 Å². The van der Waals surface area contributed by atoms with Gasteiger partial charge in [0.2, 0.25) is 5.88 Å². The number of pyridine rings is 1. The number of benzene rings is 1. The third-order valence-corrected chi connectivity index (χ3v) is 12.6. The number of ether oxygens (including phenoxy) is 4. The molecule has 3 saturated heterocycles. The highest BCUT2D eigenvalue weighted by atomic mass is 35.5. The van der Waals surface area contributed by atoms with Crippen LogP contribution in [0.15, 0.2) is 12.3 Å². The highest BCUT2D eigenvalue weighted by Crippen LogP contribution is 2.50. The Morgan fingerprint density at radius 2 is 1.93 bits per heavy atom. The standard InChI is InChI=1S/C39H51ClFN7O6/c1-21-12-27-26(15-42-46-27)29(31(21)40)33-32(41)34-30(36(43-33)51-5)35(47-16-25(17-49)52-19-38(4,50)18-47)45-37(44-34)53-20-39-9-6-8-28(39)48(11-7-10-39)24-13-22(2)54-23(3)14-24/h12,15,22-25,28,49-50H,6-11,13-14,16-20H2,1-5H3,(H,42,46). The number of β-amino-alcohol motifs (C(OH)–C–C–N with tert-alkyl or cyclic N) is 1. The zero-order valence-electron chi connectivity index (χ0n) is 31.7. The summed E-state index contributed by atoms with van der Waals surface area (Å²) in [7, 11) is 1.45. The first kappa shape index (κ1) is 37.5. The summed E-state index contributed by atoms with van der Waals surface area (Å²) in [5.41, 5.74) is 0.223. The number of aliphatic hydroxyl groups is 2. The second-order valence-electron chi connectivity index (χ2n) is 16.3. The van der Waals surface area contributed by atoms with Crippen molar-refractivity contribution in [2.24, 2.45) is 5.41 Å². The van der Waals surface area contributed by atoms with Crippen molar-refractivity contribution in [1.82, 2.24) is 30.0 Å². The maximum Gasteiger partial charge on any atom is 0.319 e. The number of halogens is 2. The summed E-state index contributed by atoms with van der Waals surface area (Å²) in [6, 6.07) is 2.67. The van der Waals surface area contributed by atoms with Crippen molar-refractivity contribution in [1.29, 1.82) is 0 Å². The molecule has 1 aliphatic carbocycles. The number of aromatic nitrogens is 5. The van der Waals surface area contributed by atoms with Crippen LogP contribution in [0.2, 0.25) is 5.02 Å². The molecule has 1 aromatic carbocycles. The Labute approximate surface area is 319 Å². The number of nitrogens with one attached hydrogen (secondary N) is 1. The van der Waals surface area contributed by atoms with Crippen LogP contribution in [0.5, 0.6) is 11.9 Å². The highest BCUT2D eigenvalue weighted by molar-refractivity contribution is 6.35. The van der Waals surface area contributed by atoms with Gasteiger partial charge >= 0.3 is 6.01 Å². The van der Waals surface area contributed by atoms with Crippen LogP contribution >= 0.6 is 11.6 Å². The van der Waals surface area contributed by atoms with Crippen LogP contribution in [-0.4, -0.2) is 123 Å². The maximum atomic E-state index is 17.3. The van der Waals surface area contributed by atoms with Crippen LogP contribution in [0.25, 0.3) is 33.1 Å². The summed E-state index contributed by atoms with van der Waals surface area (Å²) in [5.74, 6) is -0.400. The zero-order chi connectivity index (χ0) is 37.9. The highest BCUT2D eigenvalue weighted by Gasteiger charge is 2.51. The molecule has 54 heavy (non-hydrogen) atoms. The van der Waals surface area contributed by atoms with E-state index in [1.165, 1.54) is 7.11 Å². The van der Waals surface area contributed by atoms with Gasteiger partial charge in [-0.25, -0.2) is 9.37 Å². The van der Waals surface area contributed by atoms with Crippen molar-refractivity contribution >= 4 is 39.2 Å². The van der Waals surface area contributed by atoms with Crippen molar-refractivity contribution in [3.05, 3.63) is 28.7 Å². The molecule has 6 unspecified atom stereocenters. The molecule has 0 bridgehead atoms. The SMILES string of the molecule is COc1nc(-c2c(Cl)c(C)cc3[nH]ncc23)c(F)c2nc(OCC34CCCC3N(C3CC(C)OC(C)C3)CCC4)nc(N3CC(CO)OCC(C)(O)C3)c12. The predicted octanol–water partition coefficient (Wildman–Crippen LogP) is 5.60. The number of rotatable bonds is 8. The predicted molar refractivity (Wildman–Crippen MR) is 203 cm³/mol. The Morgan fingerprint density at radius 1 is 1.15 bits per heavy atom. The molecule has 15 heteroatoms. The lowest BCUT2D eigenvalue weighted by atomic mass is 9.74. The minimum absolute atomic E-state index is 0.00731. The number of methoxy groups -OCH3 is 1. The zero-order valence-corrected chi connectivity index (χ0v) is 32.5. The van der Waals surface area contributed by atoms with Crippen molar-refractivity contribution in [3.63, 3.8) is 0 Å². The van der Waals surface area contributed by atoms with E-state index in [0.717, 1.165) is 57.1 Å². The minimum Gasteiger partial charge on any atom is -0.480 e. The number of fused-ring (bicyclic) bond motifs is 3. The number of aliphatic hydroxyl groups excluding tert-OH is 1. The number of H-pyrrole nitrogens is 1. The number of aromatic amines is 1. The van der Waals surface area contributed by atoms with Gasteiger partial charge in [0.15, 0.2) is 5.82 Å². The van der Waals surface area contributed by atoms with Crippen molar-refractivity contribution in [2.75, 3.05) is 51.5 Å². The van der Waals surface area contributed by atoms with Gasteiger partial charge in [-0.05, 0) is 84.4 Å². The molecule has 3 aliphatic heterocycles. The fourth-order valence-electron chi connectivity index (χ4n) is 9.76. The normalized spacial score (nSPS) is 30.8. The number of hydrogen-bond acceptors (Lipinski definition) is 12. The molecule has 13 nitrogen and oxygen atoms in total. The lowest BCUT2D eigenvalue weighted by Crippen LogP contribution is -2.57. The number of likely N-dealkylation sites (tertiary alicyclic amines) is 1. The van der Waals surface area contributed by atoms with Gasteiger partial charge in [0.25, 0.3) is 0 Å². The second-order valence-corrected chi connectivity index (χ2v) is 16.7. The molecule has 4 aromatic rings. The average Bonchev–Trinajstić information content (AvgIpc) is 3.76. The Morgan fingerprint density at radius 3 is 2.69 bits per heavy atom. The summed E-state index contributed by atoms with van der Waals surface area (Å²) in [4.78, 5) is 18.9. The quantitative estimate of drug-likeness (QED) is 0.205. The van der Waals surface area contributed by atoms with Crippen LogP contribution < -0.4 is 14.4 Å². The van der Waals surface area contributed by atoms with Crippen LogP contribution in [0, 0.1) is 18.2 Å².